The van der Waals surface area contributed by atoms with Crippen molar-refractivity contribution in [2.75, 3.05) is 24.5 Å². The number of anilines is 1. The number of benzene rings is 1. The summed E-state index contributed by atoms with van der Waals surface area (Å²) >= 11 is 0. The van der Waals surface area contributed by atoms with Gasteiger partial charge in [-0.3, -0.25) is 4.79 Å². The standard InChI is InChI=1S/C17H24N2O.ClH/c1-13-9-11-19(16-5-3-2-4-15(13)16)17(20)7-6-14-8-10-18-12-14;/h2-5,13-14,18H,6-12H2,1H3;1H. The Morgan fingerprint density at radius 3 is 2.90 bits per heavy atom. The van der Waals surface area contributed by atoms with E-state index < -0.39 is 0 Å². The molecule has 2 atom stereocenters. The fourth-order valence-electron chi connectivity index (χ4n) is 3.43. The Morgan fingerprint density at radius 2 is 2.14 bits per heavy atom. The monoisotopic (exact) mass is 308 g/mol. The molecule has 1 N–H and O–H groups in total. The molecule has 1 aromatic rings. The fourth-order valence-corrected chi connectivity index (χ4v) is 3.43. The first-order valence-corrected chi connectivity index (χ1v) is 7.85. The normalized spacial score (nSPS) is 24.3. The maximum atomic E-state index is 12.5. The topological polar surface area (TPSA) is 32.3 Å². The van der Waals surface area contributed by atoms with Crippen LogP contribution in [0, 0.1) is 5.92 Å². The summed E-state index contributed by atoms with van der Waals surface area (Å²) in [5, 5.41) is 3.37. The van der Waals surface area contributed by atoms with E-state index in [0.29, 0.717) is 24.2 Å². The Bertz CT molecular complexity index is 485. The Labute approximate surface area is 133 Å². The van der Waals surface area contributed by atoms with E-state index in [9.17, 15) is 4.79 Å². The van der Waals surface area contributed by atoms with Gasteiger partial charge in [-0.1, -0.05) is 25.1 Å². The number of nitrogens with zero attached hydrogens (tertiary/aromatic N) is 1. The molecule has 1 saturated heterocycles. The first-order chi connectivity index (χ1) is 9.75. The number of amides is 1. The van der Waals surface area contributed by atoms with Crippen molar-refractivity contribution < 1.29 is 4.79 Å². The molecule has 2 aliphatic heterocycles. The molecule has 1 amide bonds. The minimum absolute atomic E-state index is 0. The van der Waals surface area contributed by atoms with Gasteiger partial charge in [0.15, 0.2) is 0 Å². The van der Waals surface area contributed by atoms with Crippen LogP contribution in [0.1, 0.15) is 44.1 Å². The Morgan fingerprint density at radius 1 is 1.33 bits per heavy atom. The van der Waals surface area contributed by atoms with Crippen LogP contribution in [0.2, 0.25) is 0 Å². The molecule has 1 aromatic carbocycles. The molecule has 0 aromatic heterocycles. The number of nitrogens with one attached hydrogen (secondary N) is 1. The molecule has 0 saturated carbocycles. The number of rotatable bonds is 3. The van der Waals surface area contributed by atoms with E-state index in [1.54, 1.807) is 0 Å². The van der Waals surface area contributed by atoms with Gasteiger partial charge in [-0.2, -0.15) is 0 Å². The quantitative estimate of drug-likeness (QED) is 0.929. The lowest BCUT2D eigenvalue weighted by atomic mass is 9.91. The summed E-state index contributed by atoms with van der Waals surface area (Å²) in [5.74, 6) is 1.56. The summed E-state index contributed by atoms with van der Waals surface area (Å²) < 4.78 is 0. The second-order valence-electron chi connectivity index (χ2n) is 6.19. The molecule has 3 nitrogen and oxygen atoms in total. The molecular formula is C17H25ClN2O. The van der Waals surface area contributed by atoms with Gasteiger partial charge >= 0.3 is 0 Å². The van der Waals surface area contributed by atoms with Gasteiger partial charge in [-0.05, 0) is 55.8 Å². The summed E-state index contributed by atoms with van der Waals surface area (Å²) in [7, 11) is 0. The molecule has 0 radical (unpaired) electrons. The third-order valence-corrected chi connectivity index (χ3v) is 4.77. The highest BCUT2D eigenvalue weighted by Gasteiger charge is 2.26. The average Bonchev–Trinajstić information content (AvgIpc) is 2.99. The number of hydrogen-bond acceptors (Lipinski definition) is 2. The van der Waals surface area contributed by atoms with Crippen molar-refractivity contribution in [2.24, 2.45) is 5.92 Å². The zero-order chi connectivity index (χ0) is 13.9. The van der Waals surface area contributed by atoms with Crippen molar-refractivity contribution in [3.05, 3.63) is 29.8 Å². The van der Waals surface area contributed by atoms with Crippen molar-refractivity contribution in [2.45, 2.75) is 38.5 Å². The van der Waals surface area contributed by atoms with E-state index in [2.05, 4.69) is 30.4 Å². The van der Waals surface area contributed by atoms with Crippen LogP contribution >= 0.6 is 12.4 Å². The Balaban J connectivity index is 0.00000161. The van der Waals surface area contributed by atoms with Crippen LogP contribution in [0.3, 0.4) is 0 Å². The lowest BCUT2D eigenvalue weighted by Gasteiger charge is -2.33. The number of hydrogen-bond donors (Lipinski definition) is 1. The van der Waals surface area contributed by atoms with Crippen molar-refractivity contribution in [3.8, 4) is 0 Å². The molecular weight excluding hydrogens is 284 g/mol. The Kier molecular flexibility index (Phi) is 5.65. The molecule has 116 valence electrons. The highest BCUT2D eigenvalue weighted by molar-refractivity contribution is 5.94. The summed E-state index contributed by atoms with van der Waals surface area (Å²) in [5.41, 5.74) is 2.47. The lowest BCUT2D eigenvalue weighted by Crippen LogP contribution is -2.36. The first-order valence-electron chi connectivity index (χ1n) is 7.85. The first kappa shape index (κ1) is 16.3. The lowest BCUT2D eigenvalue weighted by molar-refractivity contribution is -0.119. The molecule has 1 fully saturated rings. The summed E-state index contributed by atoms with van der Waals surface area (Å²) in [6.45, 7) is 5.33. The van der Waals surface area contributed by atoms with Crippen LogP contribution in [0.4, 0.5) is 5.69 Å². The van der Waals surface area contributed by atoms with E-state index in [4.69, 9.17) is 0 Å². The average molecular weight is 309 g/mol. The molecule has 2 aliphatic rings. The molecule has 2 heterocycles. The van der Waals surface area contributed by atoms with E-state index in [1.165, 1.54) is 12.0 Å². The van der Waals surface area contributed by atoms with E-state index >= 15 is 0 Å². The van der Waals surface area contributed by atoms with Crippen LogP contribution in [-0.2, 0) is 4.79 Å². The van der Waals surface area contributed by atoms with Crippen molar-refractivity contribution >= 4 is 24.0 Å². The van der Waals surface area contributed by atoms with Crippen LogP contribution in [0.15, 0.2) is 24.3 Å². The van der Waals surface area contributed by atoms with Gasteiger partial charge in [0.2, 0.25) is 5.91 Å². The van der Waals surface area contributed by atoms with Gasteiger partial charge < -0.3 is 10.2 Å². The van der Waals surface area contributed by atoms with E-state index in [0.717, 1.165) is 38.2 Å². The number of carbonyl (C=O) groups is 1. The summed E-state index contributed by atoms with van der Waals surface area (Å²) in [6, 6.07) is 8.38. The summed E-state index contributed by atoms with van der Waals surface area (Å²) in [6.07, 6.45) is 4.02. The molecule has 3 rings (SSSR count). The minimum Gasteiger partial charge on any atom is -0.316 e. The maximum absolute atomic E-state index is 12.5. The second-order valence-corrected chi connectivity index (χ2v) is 6.19. The number of fused-ring (bicyclic) bond motifs is 1. The van der Waals surface area contributed by atoms with Crippen molar-refractivity contribution in [3.63, 3.8) is 0 Å². The van der Waals surface area contributed by atoms with Crippen LogP contribution < -0.4 is 10.2 Å². The van der Waals surface area contributed by atoms with Gasteiger partial charge in [-0.15, -0.1) is 12.4 Å². The molecule has 4 heteroatoms. The predicted molar refractivity (Wildman–Crippen MR) is 89.3 cm³/mol. The third kappa shape index (κ3) is 3.58. The highest BCUT2D eigenvalue weighted by Crippen LogP contribution is 2.35. The van der Waals surface area contributed by atoms with Gasteiger partial charge in [0, 0.05) is 18.7 Å². The molecule has 0 bridgehead atoms. The van der Waals surface area contributed by atoms with E-state index in [1.807, 2.05) is 11.0 Å². The van der Waals surface area contributed by atoms with Crippen LogP contribution in [-0.4, -0.2) is 25.5 Å². The molecule has 2 unspecified atom stereocenters. The van der Waals surface area contributed by atoms with Crippen molar-refractivity contribution in [1.29, 1.82) is 0 Å². The zero-order valence-corrected chi connectivity index (χ0v) is 13.5. The Hall–Kier alpha value is -1.06. The second kappa shape index (κ2) is 7.28. The van der Waals surface area contributed by atoms with Gasteiger partial charge in [0.05, 0.1) is 0 Å². The van der Waals surface area contributed by atoms with Crippen molar-refractivity contribution in [1.82, 2.24) is 5.32 Å². The fraction of sp³-hybridized carbons (Fsp3) is 0.588. The van der Waals surface area contributed by atoms with Gasteiger partial charge in [0.25, 0.3) is 0 Å². The smallest absolute Gasteiger partial charge is 0.226 e. The van der Waals surface area contributed by atoms with E-state index in [-0.39, 0.29) is 12.4 Å². The predicted octanol–water partition coefficient (Wildman–Crippen LogP) is 3.34. The molecule has 0 spiro atoms. The zero-order valence-electron chi connectivity index (χ0n) is 12.7. The maximum Gasteiger partial charge on any atom is 0.226 e. The number of para-hydroxylation sites is 1. The number of carbonyl (C=O) groups excluding carboxylic acids is 1. The van der Waals surface area contributed by atoms with Crippen LogP contribution in [0.25, 0.3) is 0 Å². The molecule has 0 aliphatic carbocycles. The van der Waals surface area contributed by atoms with Gasteiger partial charge in [0.1, 0.15) is 0 Å². The SMILES string of the molecule is CC1CCN(C(=O)CCC2CCNC2)c2ccccc21.Cl. The number of halogens is 1. The van der Waals surface area contributed by atoms with Crippen LogP contribution in [0.5, 0.6) is 0 Å². The third-order valence-electron chi connectivity index (χ3n) is 4.77. The molecule has 21 heavy (non-hydrogen) atoms. The summed E-state index contributed by atoms with van der Waals surface area (Å²) in [4.78, 5) is 14.5. The largest absolute Gasteiger partial charge is 0.316 e. The minimum atomic E-state index is 0. The van der Waals surface area contributed by atoms with Gasteiger partial charge in [-0.25, -0.2) is 0 Å². The highest BCUT2D eigenvalue weighted by atomic mass is 35.5.